The van der Waals surface area contributed by atoms with E-state index in [4.69, 9.17) is 11.6 Å². The molecule has 0 radical (unpaired) electrons. The van der Waals surface area contributed by atoms with E-state index in [1.54, 1.807) is 12.1 Å². The summed E-state index contributed by atoms with van der Waals surface area (Å²) in [5.74, 6) is -0.329. The van der Waals surface area contributed by atoms with Crippen LogP contribution in [0.5, 0.6) is 0 Å². The third-order valence-corrected chi connectivity index (χ3v) is 3.10. The van der Waals surface area contributed by atoms with Crippen molar-refractivity contribution in [3.05, 3.63) is 34.6 Å². The summed E-state index contributed by atoms with van der Waals surface area (Å²) in [7, 11) is 0. The van der Waals surface area contributed by atoms with Gasteiger partial charge in [-0.2, -0.15) is 0 Å². The standard InChI is InChI=1S/C14H20ClFO/c1-2-3-4-5-6-13(17)9-11-7-8-12(15)10-14(11)16/h7-8,10,13,17H,2-6,9H2,1H3. The van der Waals surface area contributed by atoms with Crippen molar-refractivity contribution in [1.29, 1.82) is 0 Å². The Hall–Kier alpha value is -0.600. The molecule has 17 heavy (non-hydrogen) atoms. The Morgan fingerprint density at radius 2 is 2.06 bits per heavy atom. The Bertz CT molecular complexity index is 341. The zero-order valence-electron chi connectivity index (χ0n) is 10.3. The Labute approximate surface area is 108 Å². The van der Waals surface area contributed by atoms with Gasteiger partial charge in [0, 0.05) is 11.4 Å². The molecule has 1 atom stereocenters. The molecule has 0 heterocycles. The van der Waals surface area contributed by atoms with Gasteiger partial charge in [-0.1, -0.05) is 50.3 Å². The number of aliphatic hydroxyl groups is 1. The first-order chi connectivity index (χ1) is 8.13. The smallest absolute Gasteiger partial charge is 0.127 e. The summed E-state index contributed by atoms with van der Waals surface area (Å²) in [4.78, 5) is 0. The number of rotatable bonds is 7. The van der Waals surface area contributed by atoms with Crippen molar-refractivity contribution in [3.63, 3.8) is 0 Å². The molecule has 1 unspecified atom stereocenters. The van der Waals surface area contributed by atoms with Gasteiger partial charge in [0.2, 0.25) is 0 Å². The molecular formula is C14H20ClFO. The van der Waals surface area contributed by atoms with E-state index in [-0.39, 0.29) is 5.82 Å². The summed E-state index contributed by atoms with van der Waals surface area (Å²) in [5, 5.41) is 10.2. The lowest BCUT2D eigenvalue weighted by Gasteiger charge is -2.11. The quantitative estimate of drug-likeness (QED) is 0.721. The molecular weight excluding hydrogens is 239 g/mol. The zero-order chi connectivity index (χ0) is 12.7. The molecule has 0 amide bonds. The van der Waals surface area contributed by atoms with Crippen LogP contribution < -0.4 is 0 Å². The number of halogens is 2. The van der Waals surface area contributed by atoms with Gasteiger partial charge in [-0.25, -0.2) is 4.39 Å². The van der Waals surface area contributed by atoms with Crippen LogP contribution in [0.1, 0.15) is 44.6 Å². The molecule has 0 aliphatic carbocycles. The van der Waals surface area contributed by atoms with Crippen molar-refractivity contribution in [1.82, 2.24) is 0 Å². The minimum Gasteiger partial charge on any atom is -0.393 e. The number of hydrogen-bond acceptors (Lipinski definition) is 1. The van der Waals surface area contributed by atoms with Crippen molar-refractivity contribution in [3.8, 4) is 0 Å². The molecule has 0 spiro atoms. The Kier molecular flexibility index (Phi) is 6.53. The van der Waals surface area contributed by atoms with Crippen LogP contribution in [0.3, 0.4) is 0 Å². The van der Waals surface area contributed by atoms with Gasteiger partial charge in [-0.15, -0.1) is 0 Å². The summed E-state index contributed by atoms with van der Waals surface area (Å²) in [6.45, 7) is 2.15. The van der Waals surface area contributed by atoms with Crippen molar-refractivity contribution >= 4 is 11.6 Å². The molecule has 0 aliphatic rings. The van der Waals surface area contributed by atoms with Crippen LogP contribution in [-0.4, -0.2) is 11.2 Å². The molecule has 0 saturated carbocycles. The first kappa shape index (κ1) is 14.5. The van der Waals surface area contributed by atoms with E-state index in [2.05, 4.69) is 6.92 Å². The minimum absolute atomic E-state index is 0.329. The van der Waals surface area contributed by atoms with Gasteiger partial charge >= 0.3 is 0 Å². The highest BCUT2D eigenvalue weighted by Crippen LogP contribution is 2.17. The van der Waals surface area contributed by atoms with E-state index < -0.39 is 6.10 Å². The van der Waals surface area contributed by atoms with Gasteiger partial charge in [0.05, 0.1) is 6.10 Å². The lowest BCUT2D eigenvalue weighted by molar-refractivity contribution is 0.160. The molecule has 1 aromatic rings. The predicted octanol–water partition coefficient (Wildman–Crippen LogP) is 4.35. The van der Waals surface area contributed by atoms with Crippen LogP contribution in [0.4, 0.5) is 4.39 Å². The molecule has 1 aromatic carbocycles. The second-order valence-corrected chi connectivity index (χ2v) is 4.88. The largest absolute Gasteiger partial charge is 0.393 e. The first-order valence-corrected chi connectivity index (χ1v) is 6.63. The van der Waals surface area contributed by atoms with Crippen LogP contribution in [0.25, 0.3) is 0 Å². The van der Waals surface area contributed by atoms with Crippen LogP contribution in [0.2, 0.25) is 5.02 Å². The van der Waals surface area contributed by atoms with Gasteiger partial charge in [-0.3, -0.25) is 0 Å². The summed E-state index contributed by atoms with van der Waals surface area (Å²) >= 11 is 5.67. The molecule has 1 rings (SSSR count). The molecule has 0 bridgehead atoms. The maximum absolute atomic E-state index is 13.5. The van der Waals surface area contributed by atoms with Crippen molar-refractivity contribution < 1.29 is 9.50 Å². The van der Waals surface area contributed by atoms with Crippen LogP contribution in [0, 0.1) is 5.82 Å². The minimum atomic E-state index is -0.456. The fraction of sp³-hybridized carbons (Fsp3) is 0.571. The molecule has 0 fully saturated rings. The first-order valence-electron chi connectivity index (χ1n) is 6.25. The number of aliphatic hydroxyl groups excluding tert-OH is 1. The second kappa shape index (κ2) is 7.67. The summed E-state index contributed by atoms with van der Waals surface area (Å²) in [5.41, 5.74) is 0.539. The van der Waals surface area contributed by atoms with Gasteiger partial charge in [0.1, 0.15) is 5.82 Å². The fourth-order valence-electron chi connectivity index (χ4n) is 1.85. The van der Waals surface area contributed by atoms with E-state index in [1.165, 1.54) is 18.9 Å². The fourth-order valence-corrected chi connectivity index (χ4v) is 2.01. The van der Waals surface area contributed by atoms with Gasteiger partial charge < -0.3 is 5.11 Å². The van der Waals surface area contributed by atoms with E-state index in [0.29, 0.717) is 17.0 Å². The molecule has 1 N–H and O–H groups in total. The third kappa shape index (κ3) is 5.51. The SMILES string of the molecule is CCCCCCC(O)Cc1ccc(Cl)cc1F. The van der Waals surface area contributed by atoms with E-state index >= 15 is 0 Å². The average molecular weight is 259 g/mol. The molecule has 0 aromatic heterocycles. The second-order valence-electron chi connectivity index (χ2n) is 4.44. The lowest BCUT2D eigenvalue weighted by Crippen LogP contribution is -2.11. The number of hydrogen-bond donors (Lipinski definition) is 1. The van der Waals surface area contributed by atoms with Crippen LogP contribution >= 0.6 is 11.6 Å². The molecule has 0 saturated heterocycles. The van der Waals surface area contributed by atoms with E-state index in [0.717, 1.165) is 19.3 Å². The molecule has 0 aliphatic heterocycles. The third-order valence-electron chi connectivity index (χ3n) is 2.86. The van der Waals surface area contributed by atoms with E-state index in [1.807, 2.05) is 0 Å². The summed E-state index contributed by atoms with van der Waals surface area (Å²) in [6, 6.07) is 4.59. The van der Waals surface area contributed by atoms with Gasteiger partial charge in [-0.05, 0) is 24.1 Å². The Morgan fingerprint density at radius 1 is 1.29 bits per heavy atom. The summed E-state index contributed by atoms with van der Waals surface area (Å²) in [6.07, 6.45) is 5.17. The highest BCUT2D eigenvalue weighted by molar-refractivity contribution is 6.30. The Balaban J connectivity index is 2.37. The zero-order valence-corrected chi connectivity index (χ0v) is 11.0. The molecule has 96 valence electrons. The van der Waals surface area contributed by atoms with E-state index in [9.17, 15) is 9.50 Å². The van der Waals surface area contributed by atoms with Crippen LogP contribution in [0.15, 0.2) is 18.2 Å². The normalized spacial score (nSPS) is 12.7. The summed E-state index contributed by atoms with van der Waals surface area (Å²) < 4.78 is 13.5. The molecule has 3 heteroatoms. The predicted molar refractivity (Wildman–Crippen MR) is 69.9 cm³/mol. The maximum Gasteiger partial charge on any atom is 0.127 e. The Morgan fingerprint density at radius 3 is 2.71 bits per heavy atom. The van der Waals surface area contributed by atoms with Gasteiger partial charge in [0.15, 0.2) is 0 Å². The number of benzene rings is 1. The van der Waals surface area contributed by atoms with Crippen LogP contribution in [-0.2, 0) is 6.42 Å². The molecule has 1 nitrogen and oxygen atoms in total. The topological polar surface area (TPSA) is 20.2 Å². The average Bonchev–Trinajstić information content (AvgIpc) is 2.28. The lowest BCUT2D eigenvalue weighted by atomic mass is 10.0. The maximum atomic E-state index is 13.5. The highest BCUT2D eigenvalue weighted by atomic mass is 35.5. The number of unbranched alkanes of at least 4 members (excludes halogenated alkanes) is 3. The monoisotopic (exact) mass is 258 g/mol. The highest BCUT2D eigenvalue weighted by Gasteiger charge is 2.09. The van der Waals surface area contributed by atoms with Gasteiger partial charge in [0.25, 0.3) is 0 Å². The van der Waals surface area contributed by atoms with Crippen molar-refractivity contribution in [2.24, 2.45) is 0 Å². The van der Waals surface area contributed by atoms with Crippen molar-refractivity contribution in [2.45, 2.75) is 51.6 Å². The van der Waals surface area contributed by atoms with Crippen molar-refractivity contribution in [2.75, 3.05) is 0 Å².